The Labute approximate surface area is 50.9 Å². The van der Waals surface area contributed by atoms with Gasteiger partial charge in [-0.15, -0.1) is 0 Å². The summed E-state index contributed by atoms with van der Waals surface area (Å²) in [4.78, 5) is 0. The summed E-state index contributed by atoms with van der Waals surface area (Å²) in [5, 5.41) is 11.8. The van der Waals surface area contributed by atoms with Crippen molar-refractivity contribution in [3.05, 3.63) is 0 Å². The molecule has 0 amide bonds. The Morgan fingerprint density at radius 3 is 2.25 bits per heavy atom. The van der Waals surface area contributed by atoms with E-state index in [-0.39, 0.29) is 6.23 Å². The molecule has 2 unspecified atom stereocenters. The van der Waals surface area contributed by atoms with Crippen LogP contribution >= 0.6 is 0 Å². The second kappa shape index (κ2) is 3.87. The van der Waals surface area contributed by atoms with Gasteiger partial charge in [-0.1, -0.05) is 13.8 Å². The average Bonchev–Trinajstić information content (AvgIpc) is 1.84. The third-order valence-corrected chi connectivity index (χ3v) is 1.48. The fourth-order valence-electron chi connectivity index (χ4n) is 0.508. The van der Waals surface area contributed by atoms with Crippen LogP contribution in [-0.4, -0.2) is 18.4 Å². The summed E-state index contributed by atoms with van der Waals surface area (Å²) in [6.45, 7) is 4.08. The molecule has 0 saturated carbocycles. The predicted molar refractivity (Wildman–Crippen MR) is 34.5 cm³/mol. The van der Waals surface area contributed by atoms with Crippen LogP contribution in [0.25, 0.3) is 0 Å². The largest absolute Gasteiger partial charge is 0.378 e. The molecule has 0 aliphatic carbocycles. The third-order valence-electron chi connectivity index (χ3n) is 1.48. The highest BCUT2D eigenvalue weighted by Crippen LogP contribution is 2.02. The van der Waals surface area contributed by atoms with Crippen molar-refractivity contribution in [2.45, 2.75) is 26.5 Å². The minimum Gasteiger partial charge on any atom is -0.378 e. The van der Waals surface area contributed by atoms with Gasteiger partial charge in [-0.05, 0) is 19.4 Å². The van der Waals surface area contributed by atoms with E-state index in [1.807, 2.05) is 6.92 Å². The van der Waals surface area contributed by atoms with E-state index in [2.05, 4.69) is 12.2 Å². The first-order chi connectivity index (χ1) is 3.72. The topological polar surface area (TPSA) is 32.3 Å². The minimum absolute atomic E-state index is 0.333. The fraction of sp³-hybridized carbons (Fsp3) is 1.00. The Bertz CT molecular complexity index is 48.5. The molecule has 0 aliphatic rings. The molecule has 0 bridgehead atoms. The summed E-state index contributed by atoms with van der Waals surface area (Å²) in [7, 11) is 1.76. The van der Waals surface area contributed by atoms with Crippen molar-refractivity contribution in [3.63, 3.8) is 0 Å². The molecule has 2 N–H and O–H groups in total. The molecule has 2 heteroatoms. The molecule has 2 atom stereocenters. The number of aliphatic hydroxyl groups excluding tert-OH is 1. The van der Waals surface area contributed by atoms with Crippen molar-refractivity contribution >= 4 is 0 Å². The van der Waals surface area contributed by atoms with Gasteiger partial charge in [0.1, 0.15) is 6.23 Å². The molecule has 8 heavy (non-hydrogen) atoms. The summed E-state index contributed by atoms with van der Waals surface area (Å²) in [5.74, 6) is 0.361. The molecule has 0 saturated heterocycles. The molecule has 0 radical (unpaired) electrons. The SMILES string of the molecule is CCC(C)C(O)NC. The summed E-state index contributed by atoms with van der Waals surface area (Å²) in [6, 6.07) is 0. The van der Waals surface area contributed by atoms with Gasteiger partial charge in [0.05, 0.1) is 0 Å². The van der Waals surface area contributed by atoms with E-state index in [1.54, 1.807) is 7.05 Å². The second-order valence-electron chi connectivity index (χ2n) is 2.12. The quantitative estimate of drug-likeness (QED) is 0.530. The van der Waals surface area contributed by atoms with Crippen molar-refractivity contribution in [2.24, 2.45) is 5.92 Å². The summed E-state index contributed by atoms with van der Waals surface area (Å²) in [5.41, 5.74) is 0. The number of nitrogens with one attached hydrogen (secondary N) is 1. The summed E-state index contributed by atoms with van der Waals surface area (Å²) < 4.78 is 0. The van der Waals surface area contributed by atoms with Crippen LogP contribution in [0.5, 0.6) is 0 Å². The van der Waals surface area contributed by atoms with Gasteiger partial charge in [0, 0.05) is 0 Å². The van der Waals surface area contributed by atoms with Gasteiger partial charge in [-0.25, -0.2) is 0 Å². The zero-order valence-corrected chi connectivity index (χ0v) is 5.81. The van der Waals surface area contributed by atoms with E-state index in [0.29, 0.717) is 5.92 Å². The van der Waals surface area contributed by atoms with Crippen LogP contribution in [0.2, 0.25) is 0 Å². The van der Waals surface area contributed by atoms with Crippen molar-refractivity contribution in [1.82, 2.24) is 5.32 Å². The maximum absolute atomic E-state index is 9.02. The van der Waals surface area contributed by atoms with Crippen molar-refractivity contribution in [3.8, 4) is 0 Å². The van der Waals surface area contributed by atoms with Crippen LogP contribution in [0.1, 0.15) is 20.3 Å². The Balaban J connectivity index is 3.29. The number of hydrogen-bond donors (Lipinski definition) is 2. The van der Waals surface area contributed by atoms with Crippen molar-refractivity contribution < 1.29 is 5.11 Å². The van der Waals surface area contributed by atoms with Gasteiger partial charge >= 0.3 is 0 Å². The van der Waals surface area contributed by atoms with Crippen LogP contribution in [0, 0.1) is 5.92 Å². The predicted octanol–water partition coefficient (Wildman–Crippen LogP) is 0.570. The molecule has 0 aromatic carbocycles. The smallest absolute Gasteiger partial charge is 0.107 e. The second-order valence-corrected chi connectivity index (χ2v) is 2.12. The average molecular weight is 117 g/mol. The zero-order chi connectivity index (χ0) is 6.57. The lowest BCUT2D eigenvalue weighted by molar-refractivity contribution is 0.0890. The molecular weight excluding hydrogens is 102 g/mol. The molecule has 0 aliphatic heterocycles. The third kappa shape index (κ3) is 2.28. The first-order valence-corrected chi connectivity index (χ1v) is 3.07. The Morgan fingerprint density at radius 1 is 1.62 bits per heavy atom. The van der Waals surface area contributed by atoms with E-state index < -0.39 is 0 Å². The van der Waals surface area contributed by atoms with E-state index in [1.165, 1.54) is 0 Å². The molecule has 0 heterocycles. The van der Waals surface area contributed by atoms with Gasteiger partial charge in [-0.3, -0.25) is 5.32 Å². The molecule has 0 spiro atoms. The van der Waals surface area contributed by atoms with E-state index in [0.717, 1.165) is 6.42 Å². The highest BCUT2D eigenvalue weighted by molar-refractivity contribution is 4.56. The maximum Gasteiger partial charge on any atom is 0.107 e. The lowest BCUT2D eigenvalue weighted by Crippen LogP contribution is -2.30. The first-order valence-electron chi connectivity index (χ1n) is 3.07. The Morgan fingerprint density at radius 2 is 2.12 bits per heavy atom. The summed E-state index contributed by atoms with van der Waals surface area (Å²) in [6.07, 6.45) is 0.683. The minimum atomic E-state index is -0.333. The Hall–Kier alpha value is -0.0800. The molecule has 2 nitrogen and oxygen atoms in total. The van der Waals surface area contributed by atoms with Crippen molar-refractivity contribution in [2.75, 3.05) is 7.05 Å². The molecule has 0 aromatic heterocycles. The number of hydrogen-bond acceptors (Lipinski definition) is 2. The highest BCUT2D eigenvalue weighted by atomic mass is 16.3. The monoisotopic (exact) mass is 117 g/mol. The van der Waals surface area contributed by atoms with E-state index in [4.69, 9.17) is 5.11 Å². The van der Waals surface area contributed by atoms with E-state index >= 15 is 0 Å². The lowest BCUT2D eigenvalue weighted by Gasteiger charge is -2.14. The van der Waals surface area contributed by atoms with E-state index in [9.17, 15) is 0 Å². The van der Waals surface area contributed by atoms with Gasteiger partial charge in [0.15, 0.2) is 0 Å². The van der Waals surface area contributed by atoms with Crippen LogP contribution < -0.4 is 5.32 Å². The van der Waals surface area contributed by atoms with Crippen LogP contribution in [-0.2, 0) is 0 Å². The number of aliphatic hydroxyl groups is 1. The zero-order valence-electron chi connectivity index (χ0n) is 5.81. The molecular formula is C6H15NO. The van der Waals surface area contributed by atoms with Crippen molar-refractivity contribution in [1.29, 1.82) is 0 Å². The molecule has 0 aromatic rings. The van der Waals surface area contributed by atoms with Gasteiger partial charge in [0.25, 0.3) is 0 Å². The van der Waals surface area contributed by atoms with Gasteiger partial charge in [-0.2, -0.15) is 0 Å². The van der Waals surface area contributed by atoms with Gasteiger partial charge in [0.2, 0.25) is 0 Å². The first kappa shape index (κ1) is 7.92. The highest BCUT2D eigenvalue weighted by Gasteiger charge is 2.07. The molecule has 0 rings (SSSR count). The lowest BCUT2D eigenvalue weighted by atomic mass is 10.1. The number of rotatable bonds is 3. The normalized spacial score (nSPS) is 18.0. The maximum atomic E-state index is 9.02. The molecule has 50 valence electrons. The summed E-state index contributed by atoms with van der Waals surface area (Å²) >= 11 is 0. The van der Waals surface area contributed by atoms with Crippen LogP contribution in [0.3, 0.4) is 0 Å². The Kier molecular flexibility index (Phi) is 3.83. The fourth-order valence-corrected chi connectivity index (χ4v) is 0.508. The van der Waals surface area contributed by atoms with Crippen LogP contribution in [0.15, 0.2) is 0 Å². The van der Waals surface area contributed by atoms with Crippen LogP contribution in [0.4, 0.5) is 0 Å². The van der Waals surface area contributed by atoms with Gasteiger partial charge < -0.3 is 5.11 Å². The standard InChI is InChI=1S/C6H15NO/c1-4-5(2)6(8)7-3/h5-8H,4H2,1-3H3. The molecule has 0 fully saturated rings.